The highest BCUT2D eigenvalue weighted by atomic mass is 15.0. The topological polar surface area (TPSA) is 3.88 Å². The molecule has 0 atom stereocenters. The van der Waals surface area contributed by atoms with Gasteiger partial charge in [0.25, 0.3) is 0 Å². The second-order valence-corrected chi connectivity index (χ2v) is 10.1. The third kappa shape index (κ3) is 5.94. The molecule has 1 heterocycles. The Bertz CT molecular complexity index is 1310. The average Bonchev–Trinajstić information content (AvgIpc) is 3.00. The van der Waals surface area contributed by atoms with Crippen molar-refractivity contribution >= 4 is 0 Å². The zero-order valence-electron chi connectivity index (χ0n) is 22.5. The van der Waals surface area contributed by atoms with E-state index in [2.05, 4.69) is 139 Å². The maximum absolute atomic E-state index is 2.62. The SMILES string of the molecule is CCCCCCCC[n+]1c(-c2ccccc2)c(-c2ccccc2)cc(-c2ccccc2)c1-c1ccccc1. The van der Waals surface area contributed by atoms with Gasteiger partial charge in [-0.3, -0.25) is 0 Å². The summed E-state index contributed by atoms with van der Waals surface area (Å²) in [6.45, 7) is 3.27. The molecule has 190 valence electrons. The number of aromatic nitrogens is 1. The minimum absolute atomic E-state index is 0.987. The van der Waals surface area contributed by atoms with E-state index >= 15 is 0 Å². The summed E-state index contributed by atoms with van der Waals surface area (Å²) in [5.74, 6) is 0. The van der Waals surface area contributed by atoms with E-state index in [4.69, 9.17) is 0 Å². The fourth-order valence-corrected chi connectivity index (χ4v) is 5.45. The van der Waals surface area contributed by atoms with Crippen LogP contribution in [0.4, 0.5) is 0 Å². The predicted molar refractivity (Wildman–Crippen MR) is 162 cm³/mol. The first-order valence-corrected chi connectivity index (χ1v) is 14.2. The summed E-state index contributed by atoms with van der Waals surface area (Å²) in [4.78, 5) is 0. The van der Waals surface area contributed by atoms with Crippen LogP contribution >= 0.6 is 0 Å². The van der Waals surface area contributed by atoms with Crippen molar-refractivity contribution in [3.63, 3.8) is 0 Å². The van der Waals surface area contributed by atoms with Gasteiger partial charge in [0.1, 0.15) is 6.54 Å². The van der Waals surface area contributed by atoms with Crippen molar-refractivity contribution in [2.75, 3.05) is 0 Å². The lowest BCUT2D eigenvalue weighted by molar-refractivity contribution is -0.675. The third-order valence-corrected chi connectivity index (χ3v) is 7.34. The van der Waals surface area contributed by atoms with Crippen molar-refractivity contribution < 1.29 is 4.57 Å². The summed E-state index contributed by atoms with van der Waals surface area (Å²) >= 11 is 0. The van der Waals surface area contributed by atoms with Crippen LogP contribution in [0.3, 0.4) is 0 Å². The van der Waals surface area contributed by atoms with Gasteiger partial charge < -0.3 is 0 Å². The van der Waals surface area contributed by atoms with Crippen LogP contribution in [0.5, 0.6) is 0 Å². The Morgan fingerprint density at radius 2 is 0.789 bits per heavy atom. The molecule has 0 bridgehead atoms. The fourth-order valence-electron chi connectivity index (χ4n) is 5.45. The van der Waals surface area contributed by atoms with Crippen molar-refractivity contribution in [1.29, 1.82) is 0 Å². The van der Waals surface area contributed by atoms with Gasteiger partial charge in [0.15, 0.2) is 0 Å². The average molecular weight is 497 g/mol. The van der Waals surface area contributed by atoms with Crippen LogP contribution in [0, 0.1) is 0 Å². The van der Waals surface area contributed by atoms with E-state index in [0.717, 1.165) is 6.54 Å². The zero-order chi connectivity index (χ0) is 26.0. The Balaban J connectivity index is 1.78. The molecule has 5 aromatic rings. The van der Waals surface area contributed by atoms with Crippen LogP contribution in [-0.4, -0.2) is 0 Å². The Labute approximate surface area is 228 Å². The van der Waals surface area contributed by atoms with Gasteiger partial charge in [-0.25, -0.2) is 0 Å². The predicted octanol–water partition coefficient (Wildman–Crippen LogP) is 10.0. The van der Waals surface area contributed by atoms with Crippen molar-refractivity contribution in [3.8, 4) is 44.8 Å². The molecule has 5 rings (SSSR count). The highest BCUT2D eigenvalue weighted by molar-refractivity contribution is 5.88. The molecule has 0 saturated heterocycles. The van der Waals surface area contributed by atoms with Gasteiger partial charge in [-0.2, -0.15) is 4.57 Å². The first-order valence-electron chi connectivity index (χ1n) is 14.2. The van der Waals surface area contributed by atoms with Gasteiger partial charge >= 0.3 is 0 Å². The fraction of sp³-hybridized carbons (Fsp3) is 0.216. The van der Waals surface area contributed by atoms with Gasteiger partial charge in [0.2, 0.25) is 11.4 Å². The molecular formula is C37H38N+. The van der Waals surface area contributed by atoms with Crippen LogP contribution in [-0.2, 0) is 6.54 Å². The Morgan fingerprint density at radius 3 is 1.21 bits per heavy atom. The summed E-state index contributed by atoms with van der Waals surface area (Å²) in [6.07, 6.45) is 7.67. The molecule has 0 aliphatic carbocycles. The summed E-state index contributed by atoms with van der Waals surface area (Å²) in [6, 6.07) is 46.1. The minimum atomic E-state index is 0.987. The molecule has 0 N–H and O–H groups in total. The smallest absolute Gasteiger partial charge is 0.190 e. The number of hydrogen-bond donors (Lipinski definition) is 0. The maximum Gasteiger partial charge on any atom is 0.220 e. The van der Waals surface area contributed by atoms with E-state index < -0.39 is 0 Å². The van der Waals surface area contributed by atoms with Crippen molar-refractivity contribution in [1.82, 2.24) is 0 Å². The zero-order valence-corrected chi connectivity index (χ0v) is 22.5. The van der Waals surface area contributed by atoms with E-state index in [1.165, 1.54) is 83.3 Å². The molecule has 0 aliphatic rings. The Kier molecular flexibility index (Phi) is 8.79. The van der Waals surface area contributed by atoms with E-state index in [1.54, 1.807) is 0 Å². The lowest BCUT2D eigenvalue weighted by atomic mass is 9.91. The molecule has 1 aromatic heterocycles. The first kappa shape index (κ1) is 25.7. The van der Waals surface area contributed by atoms with Gasteiger partial charge in [-0.05, 0) is 47.9 Å². The normalized spacial score (nSPS) is 11.0. The van der Waals surface area contributed by atoms with Crippen molar-refractivity contribution in [2.45, 2.75) is 52.0 Å². The van der Waals surface area contributed by atoms with Gasteiger partial charge in [0, 0.05) is 17.5 Å². The van der Waals surface area contributed by atoms with Crippen LogP contribution < -0.4 is 4.57 Å². The summed E-state index contributed by atoms with van der Waals surface area (Å²) < 4.78 is 2.62. The largest absolute Gasteiger partial charge is 0.220 e. The number of hydrogen-bond acceptors (Lipinski definition) is 0. The Hall–Kier alpha value is -3.97. The number of rotatable bonds is 11. The van der Waals surface area contributed by atoms with Gasteiger partial charge in [0.05, 0.1) is 11.1 Å². The lowest BCUT2D eigenvalue weighted by Gasteiger charge is -2.18. The number of benzene rings is 4. The Morgan fingerprint density at radius 1 is 0.421 bits per heavy atom. The van der Waals surface area contributed by atoms with Crippen LogP contribution in [0.2, 0.25) is 0 Å². The summed E-state index contributed by atoms with van der Waals surface area (Å²) in [5.41, 5.74) is 10.2. The molecule has 0 fully saturated rings. The lowest BCUT2D eigenvalue weighted by Crippen LogP contribution is -2.40. The highest BCUT2D eigenvalue weighted by Crippen LogP contribution is 2.38. The number of unbranched alkanes of at least 4 members (excludes halogenated alkanes) is 5. The first-order chi connectivity index (χ1) is 18.9. The number of nitrogens with zero attached hydrogens (tertiary/aromatic N) is 1. The van der Waals surface area contributed by atoms with Gasteiger partial charge in [-0.1, -0.05) is 130 Å². The molecule has 0 radical (unpaired) electrons. The second kappa shape index (κ2) is 13.0. The van der Waals surface area contributed by atoms with Gasteiger partial charge in [-0.15, -0.1) is 0 Å². The molecule has 0 saturated carbocycles. The second-order valence-electron chi connectivity index (χ2n) is 10.1. The van der Waals surface area contributed by atoms with E-state index in [9.17, 15) is 0 Å². The maximum atomic E-state index is 2.62. The van der Waals surface area contributed by atoms with E-state index in [0.29, 0.717) is 0 Å². The molecule has 4 aromatic carbocycles. The molecule has 1 nitrogen and oxygen atoms in total. The minimum Gasteiger partial charge on any atom is -0.190 e. The van der Waals surface area contributed by atoms with Crippen molar-refractivity contribution in [2.24, 2.45) is 0 Å². The van der Waals surface area contributed by atoms with Crippen molar-refractivity contribution in [3.05, 3.63) is 127 Å². The summed E-state index contributed by atoms with van der Waals surface area (Å²) in [7, 11) is 0. The quantitative estimate of drug-likeness (QED) is 0.126. The third-order valence-electron chi connectivity index (χ3n) is 7.34. The molecule has 0 amide bonds. The van der Waals surface area contributed by atoms with Crippen LogP contribution in [0.1, 0.15) is 45.4 Å². The highest BCUT2D eigenvalue weighted by Gasteiger charge is 2.29. The van der Waals surface area contributed by atoms with Crippen LogP contribution in [0.15, 0.2) is 127 Å². The monoisotopic (exact) mass is 496 g/mol. The molecule has 0 aliphatic heterocycles. The molecule has 0 spiro atoms. The molecular weight excluding hydrogens is 458 g/mol. The standard InChI is InChI=1S/C37H38N/c1-2-3-4-5-6-19-28-38-36(32-24-15-9-16-25-32)34(30-20-11-7-12-21-30)29-35(31-22-13-8-14-23-31)37(38)33-26-17-10-18-27-33/h7-18,20-27,29H,2-6,19,28H2,1H3/q+1. The molecule has 38 heavy (non-hydrogen) atoms. The molecule has 1 heteroatoms. The van der Waals surface area contributed by atoms with E-state index in [1.807, 2.05) is 0 Å². The number of pyridine rings is 1. The van der Waals surface area contributed by atoms with Crippen LogP contribution in [0.25, 0.3) is 44.8 Å². The summed E-state index contributed by atoms with van der Waals surface area (Å²) in [5, 5.41) is 0. The molecule has 0 unspecified atom stereocenters. The van der Waals surface area contributed by atoms with E-state index in [-0.39, 0.29) is 0 Å².